The molecule has 0 amide bonds. The third-order valence-corrected chi connectivity index (χ3v) is 21.2. The molecule has 12 aromatic carbocycles. The summed E-state index contributed by atoms with van der Waals surface area (Å²) in [6, 6.07) is 143. The minimum Gasteiger partial charge on any atom is -0.255 e. The van der Waals surface area contributed by atoms with E-state index in [-0.39, 0.29) is 0 Å². The minimum atomic E-state index is 0.619. The second-order valence-electron chi connectivity index (χ2n) is 28.9. The van der Waals surface area contributed by atoms with Gasteiger partial charge in [-0.2, -0.15) is 0 Å². The Bertz CT molecular complexity index is 6770. The summed E-state index contributed by atoms with van der Waals surface area (Å²) in [5, 5.41) is 0. The number of benzene rings is 12. The van der Waals surface area contributed by atoms with Crippen LogP contribution in [0.15, 0.2) is 443 Å². The van der Waals surface area contributed by atoms with E-state index in [2.05, 4.69) is 295 Å². The van der Waals surface area contributed by atoms with Crippen LogP contribution in [0.4, 0.5) is 0 Å². The van der Waals surface area contributed by atoms with Crippen molar-refractivity contribution >= 4 is 0 Å². The standard InChI is InChI=1S/C55H37N5.C54H36N6/c1-4-12-38(13-5-1)40-23-27-44(28-24-40)51-36-52(60-55(59-51)46-16-8-3-9-17-46)45-29-25-42(26-30-45)41-19-21-43(22-20-41)47-31-32-50(57-37-47)54-35-48(39-14-6-2-7-15-39)34-53(58-54)49-18-10-11-33-56-49;1-4-13-37(14-5-1)39-23-29-44(30-24-39)53-58-52(43-17-8-3-9-18-43)59-54(60-53)45-31-25-41(26-32-45)40-21-27-42(28-22-40)47-19-12-34-56-51(47)50-36-46(38-15-6-2-7-16-38)35-49(57-50)48-20-10-11-33-55-48/h1-37H;1-36H. The topological polar surface area (TPSA) is 142 Å². The predicted octanol–water partition coefficient (Wildman–Crippen LogP) is 26.7. The Labute approximate surface area is 696 Å². The Balaban J connectivity index is 0.000000159. The highest BCUT2D eigenvalue weighted by atomic mass is 15.0. The van der Waals surface area contributed by atoms with E-state index in [9.17, 15) is 0 Å². The number of pyridine rings is 6. The van der Waals surface area contributed by atoms with Gasteiger partial charge >= 0.3 is 0 Å². The van der Waals surface area contributed by atoms with Gasteiger partial charge in [0, 0.05) is 69.3 Å². The fourth-order valence-corrected chi connectivity index (χ4v) is 14.8. The Hall–Kier alpha value is -16.4. The van der Waals surface area contributed by atoms with Gasteiger partial charge in [-0.1, -0.05) is 352 Å². The molecule has 0 spiro atoms. The van der Waals surface area contributed by atoms with Crippen LogP contribution in [0.25, 0.3) is 203 Å². The van der Waals surface area contributed by atoms with Gasteiger partial charge in [0.15, 0.2) is 23.3 Å². The van der Waals surface area contributed by atoms with Gasteiger partial charge < -0.3 is 0 Å². The summed E-state index contributed by atoms with van der Waals surface area (Å²) >= 11 is 0. The maximum Gasteiger partial charge on any atom is 0.164 e. The molecule has 11 heteroatoms. The lowest BCUT2D eigenvalue weighted by Crippen LogP contribution is -2.00. The molecular formula is C109H73N11. The summed E-state index contributed by atoms with van der Waals surface area (Å²) in [4.78, 5) is 54.0. The lowest BCUT2D eigenvalue weighted by Gasteiger charge is -2.13. The van der Waals surface area contributed by atoms with Crippen molar-refractivity contribution in [2.75, 3.05) is 0 Å². The van der Waals surface area contributed by atoms with E-state index >= 15 is 0 Å². The average Bonchev–Trinajstić information content (AvgIpc) is 0.791. The van der Waals surface area contributed by atoms with Crippen LogP contribution in [0, 0.1) is 0 Å². The first-order valence-corrected chi connectivity index (χ1v) is 39.8. The minimum absolute atomic E-state index is 0.619. The van der Waals surface area contributed by atoms with Crippen molar-refractivity contribution < 1.29 is 0 Å². The number of rotatable bonds is 18. The van der Waals surface area contributed by atoms with Crippen molar-refractivity contribution in [3.05, 3.63) is 443 Å². The van der Waals surface area contributed by atoms with Gasteiger partial charge in [0.1, 0.15) is 0 Å². The third kappa shape index (κ3) is 16.6. The maximum absolute atomic E-state index is 5.10. The smallest absolute Gasteiger partial charge is 0.164 e. The summed E-state index contributed by atoms with van der Waals surface area (Å²) in [6.45, 7) is 0. The van der Waals surface area contributed by atoms with E-state index in [1.165, 1.54) is 16.7 Å². The third-order valence-electron chi connectivity index (χ3n) is 21.2. The Morgan fingerprint density at radius 3 is 0.750 bits per heavy atom. The Morgan fingerprint density at radius 1 is 0.125 bits per heavy atom. The first-order valence-electron chi connectivity index (χ1n) is 39.8. The summed E-state index contributed by atoms with van der Waals surface area (Å²) in [7, 11) is 0. The molecule has 0 N–H and O–H groups in total. The molecule has 0 radical (unpaired) electrons. The summed E-state index contributed by atoms with van der Waals surface area (Å²) in [6.07, 6.45) is 7.34. The van der Waals surface area contributed by atoms with Crippen LogP contribution in [0.2, 0.25) is 0 Å². The number of hydrogen-bond acceptors (Lipinski definition) is 11. The monoisotopic (exact) mass is 1540 g/mol. The van der Waals surface area contributed by atoms with Gasteiger partial charge in [-0.15, -0.1) is 0 Å². The van der Waals surface area contributed by atoms with E-state index in [0.717, 1.165) is 163 Å². The predicted molar refractivity (Wildman–Crippen MR) is 486 cm³/mol. The molecule has 0 saturated carbocycles. The summed E-state index contributed by atoms with van der Waals surface area (Å²) in [5.74, 6) is 2.58. The Kier molecular flexibility index (Phi) is 21.1. The molecule has 8 aromatic heterocycles. The van der Waals surface area contributed by atoms with Crippen LogP contribution < -0.4 is 0 Å². The quantitative estimate of drug-likeness (QED) is 0.0810. The van der Waals surface area contributed by atoms with Gasteiger partial charge in [-0.3, -0.25) is 19.9 Å². The SMILES string of the molecule is c1ccc(-c2ccc(-c3cc(-c4ccc(-c5ccc(-c6ccc(-c7cc(-c8ccccc8)cc(-c8ccccn8)n7)nc6)cc5)cc4)nc(-c4ccccc4)n3)cc2)cc1.c1ccc(-c2ccc(-c3nc(-c4ccccc4)nc(-c4ccc(-c5ccc(-c6cccnc6-c6cc(-c7ccccc7)cc(-c7ccccn7)n6)cc5)cc4)n3)cc2)cc1. The average molecular weight is 1540 g/mol. The summed E-state index contributed by atoms with van der Waals surface area (Å²) < 4.78 is 0. The lowest BCUT2D eigenvalue weighted by atomic mass is 9.96. The largest absolute Gasteiger partial charge is 0.255 e. The first-order chi connectivity index (χ1) is 59.4. The fraction of sp³-hybridized carbons (Fsp3) is 0. The second kappa shape index (κ2) is 34.4. The zero-order valence-corrected chi connectivity index (χ0v) is 65.1. The molecule has 0 aliphatic rings. The van der Waals surface area contributed by atoms with Gasteiger partial charge in [-0.25, -0.2) is 34.9 Å². The highest BCUT2D eigenvalue weighted by molar-refractivity contribution is 5.86. The molecule has 0 bridgehead atoms. The molecule has 20 aromatic rings. The molecule has 0 unspecified atom stereocenters. The van der Waals surface area contributed by atoms with Gasteiger partial charge in [0.2, 0.25) is 0 Å². The van der Waals surface area contributed by atoms with Crippen molar-refractivity contribution in [3.8, 4) is 203 Å². The van der Waals surface area contributed by atoms with Gasteiger partial charge in [-0.05, 0) is 145 Å². The van der Waals surface area contributed by atoms with Crippen molar-refractivity contribution in [2.24, 2.45) is 0 Å². The van der Waals surface area contributed by atoms with E-state index < -0.39 is 0 Å². The molecule has 564 valence electrons. The number of aromatic nitrogens is 11. The molecular weight excluding hydrogens is 1460 g/mol. The van der Waals surface area contributed by atoms with Crippen molar-refractivity contribution in [1.29, 1.82) is 0 Å². The second-order valence-corrected chi connectivity index (χ2v) is 28.9. The highest BCUT2D eigenvalue weighted by Gasteiger charge is 2.20. The molecule has 0 aliphatic carbocycles. The van der Waals surface area contributed by atoms with Gasteiger partial charge in [0.05, 0.1) is 56.9 Å². The normalized spacial score (nSPS) is 11.0. The zero-order valence-electron chi connectivity index (χ0n) is 65.1. The molecule has 20 rings (SSSR count). The van der Waals surface area contributed by atoms with Crippen LogP contribution >= 0.6 is 0 Å². The molecule has 120 heavy (non-hydrogen) atoms. The lowest BCUT2D eigenvalue weighted by molar-refractivity contribution is 1.07. The van der Waals surface area contributed by atoms with Crippen molar-refractivity contribution in [2.45, 2.75) is 0 Å². The van der Waals surface area contributed by atoms with Crippen molar-refractivity contribution in [3.63, 3.8) is 0 Å². The fourth-order valence-electron chi connectivity index (χ4n) is 14.8. The number of nitrogens with zero attached hydrogens (tertiary/aromatic N) is 11. The van der Waals surface area contributed by atoms with Crippen LogP contribution in [0.5, 0.6) is 0 Å². The van der Waals surface area contributed by atoms with Crippen LogP contribution in [0.3, 0.4) is 0 Å². The zero-order chi connectivity index (χ0) is 80.2. The van der Waals surface area contributed by atoms with Gasteiger partial charge in [0.25, 0.3) is 0 Å². The van der Waals surface area contributed by atoms with E-state index in [1.807, 2.05) is 146 Å². The summed E-state index contributed by atoms with van der Waals surface area (Å²) in [5.41, 5.74) is 31.6. The first kappa shape index (κ1) is 73.8. The number of hydrogen-bond donors (Lipinski definition) is 0. The molecule has 0 aliphatic heterocycles. The molecule has 11 nitrogen and oxygen atoms in total. The van der Waals surface area contributed by atoms with E-state index in [1.54, 1.807) is 12.4 Å². The van der Waals surface area contributed by atoms with Crippen LogP contribution in [-0.4, -0.2) is 54.8 Å². The molecule has 0 fully saturated rings. The van der Waals surface area contributed by atoms with E-state index in [4.69, 9.17) is 44.9 Å². The molecule has 8 heterocycles. The maximum atomic E-state index is 5.10. The molecule has 0 atom stereocenters. The Morgan fingerprint density at radius 2 is 0.392 bits per heavy atom. The van der Waals surface area contributed by atoms with E-state index in [0.29, 0.717) is 23.3 Å². The molecule has 0 saturated heterocycles. The van der Waals surface area contributed by atoms with Crippen LogP contribution in [-0.2, 0) is 0 Å². The van der Waals surface area contributed by atoms with Crippen LogP contribution in [0.1, 0.15) is 0 Å². The highest BCUT2D eigenvalue weighted by Crippen LogP contribution is 2.39. The van der Waals surface area contributed by atoms with Crippen molar-refractivity contribution in [1.82, 2.24) is 54.8 Å².